The van der Waals surface area contributed by atoms with Gasteiger partial charge in [-0.25, -0.2) is 9.59 Å². The summed E-state index contributed by atoms with van der Waals surface area (Å²) in [5.74, 6) is -1.14. The predicted molar refractivity (Wildman–Crippen MR) is 74.3 cm³/mol. The highest BCUT2D eigenvalue weighted by Gasteiger charge is 2.18. The number of hydrogen-bond donors (Lipinski definition) is 3. The van der Waals surface area contributed by atoms with Crippen LogP contribution in [0.3, 0.4) is 0 Å². The van der Waals surface area contributed by atoms with E-state index in [-0.39, 0.29) is 6.42 Å². The fourth-order valence-corrected chi connectivity index (χ4v) is 1.53. The van der Waals surface area contributed by atoms with Crippen molar-refractivity contribution < 1.29 is 14.7 Å². The molecule has 0 radical (unpaired) electrons. The number of nitrogens with zero attached hydrogens (tertiary/aromatic N) is 1. The molecule has 0 fully saturated rings. The lowest BCUT2D eigenvalue weighted by Gasteiger charge is -2.14. The van der Waals surface area contributed by atoms with Crippen molar-refractivity contribution in [1.29, 1.82) is 5.26 Å². The smallest absolute Gasteiger partial charge is 0.326 e. The first-order valence-corrected chi connectivity index (χ1v) is 5.90. The van der Waals surface area contributed by atoms with Crippen LogP contribution in [0.1, 0.15) is 17.5 Å². The van der Waals surface area contributed by atoms with Crippen LogP contribution < -0.4 is 10.6 Å². The molecule has 0 aromatic heterocycles. The molecule has 1 aromatic carbocycles. The van der Waals surface area contributed by atoms with Gasteiger partial charge in [-0.3, -0.25) is 0 Å². The van der Waals surface area contributed by atoms with Crippen LogP contribution in [0.5, 0.6) is 0 Å². The lowest BCUT2D eigenvalue weighted by atomic mass is 10.1. The summed E-state index contributed by atoms with van der Waals surface area (Å²) >= 11 is 0. The summed E-state index contributed by atoms with van der Waals surface area (Å²) in [6, 6.07) is 5.15. The highest BCUT2D eigenvalue weighted by Crippen LogP contribution is 2.16. The molecule has 1 rings (SSSR count). The van der Waals surface area contributed by atoms with Gasteiger partial charge in [-0.2, -0.15) is 5.26 Å². The number of anilines is 1. The third-order valence-electron chi connectivity index (χ3n) is 2.62. The zero-order valence-corrected chi connectivity index (χ0v) is 11.0. The lowest BCUT2D eigenvalue weighted by Crippen LogP contribution is -2.42. The number of urea groups is 1. The molecule has 0 saturated heterocycles. The van der Waals surface area contributed by atoms with E-state index >= 15 is 0 Å². The van der Waals surface area contributed by atoms with Gasteiger partial charge in [-0.1, -0.05) is 12.1 Å². The average Bonchev–Trinajstić information content (AvgIpc) is 2.40. The summed E-state index contributed by atoms with van der Waals surface area (Å²) in [6.45, 7) is 5.21. The van der Waals surface area contributed by atoms with Crippen molar-refractivity contribution in [2.24, 2.45) is 0 Å². The molecule has 0 spiro atoms. The van der Waals surface area contributed by atoms with Gasteiger partial charge >= 0.3 is 12.0 Å². The van der Waals surface area contributed by atoms with E-state index in [2.05, 4.69) is 17.2 Å². The van der Waals surface area contributed by atoms with Crippen LogP contribution in [0.25, 0.3) is 0 Å². The molecule has 0 aliphatic carbocycles. The second-order valence-electron chi connectivity index (χ2n) is 4.16. The molecule has 6 nitrogen and oxygen atoms in total. The SMILES string of the molecule is C=CCC(NC(=O)Nc1cc(C#N)ccc1C)C(=O)O. The summed E-state index contributed by atoms with van der Waals surface area (Å²) in [7, 11) is 0. The molecular formula is C14H15N3O3. The molecule has 1 unspecified atom stereocenters. The minimum absolute atomic E-state index is 0.125. The Labute approximate surface area is 116 Å². The van der Waals surface area contributed by atoms with E-state index < -0.39 is 18.0 Å². The zero-order chi connectivity index (χ0) is 15.1. The van der Waals surface area contributed by atoms with Crippen LogP contribution in [-0.2, 0) is 4.79 Å². The molecule has 0 bridgehead atoms. The molecule has 1 atom stereocenters. The summed E-state index contributed by atoms with van der Waals surface area (Å²) < 4.78 is 0. The molecule has 20 heavy (non-hydrogen) atoms. The van der Waals surface area contributed by atoms with Crippen molar-refractivity contribution >= 4 is 17.7 Å². The summed E-state index contributed by atoms with van der Waals surface area (Å²) in [4.78, 5) is 22.7. The minimum Gasteiger partial charge on any atom is -0.480 e. The largest absolute Gasteiger partial charge is 0.480 e. The van der Waals surface area contributed by atoms with Gasteiger partial charge in [0.15, 0.2) is 0 Å². The standard InChI is InChI=1S/C14H15N3O3/c1-3-4-11(13(18)19)16-14(20)17-12-7-10(8-15)6-5-9(12)2/h3,5-7,11H,1,4H2,2H3,(H,18,19)(H2,16,17,20). The quantitative estimate of drug-likeness (QED) is 0.714. The van der Waals surface area contributed by atoms with Crippen LogP contribution in [0.15, 0.2) is 30.9 Å². The van der Waals surface area contributed by atoms with E-state index in [9.17, 15) is 9.59 Å². The molecule has 6 heteroatoms. The first kappa shape index (κ1) is 15.2. The number of carbonyl (C=O) groups is 2. The number of nitriles is 1. The van der Waals surface area contributed by atoms with Gasteiger partial charge in [-0.05, 0) is 31.0 Å². The van der Waals surface area contributed by atoms with Gasteiger partial charge in [0.1, 0.15) is 6.04 Å². The van der Waals surface area contributed by atoms with Gasteiger partial charge < -0.3 is 15.7 Å². The number of carbonyl (C=O) groups excluding carboxylic acids is 1. The maximum absolute atomic E-state index is 11.8. The molecule has 0 aliphatic heterocycles. The van der Waals surface area contributed by atoms with Crippen molar-refractivity contribution in [1.82, 2.24) is 5.32 Å². The first-order valence-electron chi connectivity index (χ1n) is 5.90. The first-order chi connectivity index (χ1) is 9.47. The van der Waals surface area contributed by atoms with Gasteiger partial charge in [0.05, 0.1) is 11.6 Å². The van der Waals surface area contributed by atoms with E-state index in [0.717, 1.165) is 5.56 Å². The second kappa shape index (κ2) is 6.95. The number of nitrogens with one attached hydrogen (secondary N) is 2. The molecule has 0 saturated carbocycles. The lowest BCUT2D eigenvalue weighted by molar-refractivity contribution is -0.139. The number of hydrogen-bond acceptors (Lipinski definition) is 3. The Bertz CT molecular complexity index is 576. The number of carboxylic acid groups (broad SMARTS) is 1. The monoisotopic (exact) mass is 273 g/mol. The molecule has 0 heterocycles. The Kier molecular flexibility index (Phi) is 5.30. The number of aryl methyl sites for hydroxylation is 1. The van der Waals surface area contributed by atoms with Crippen LogP contribution in [-0.4, -0.2) is 23.1 Å². The predicted octanol–water partition coefficient (Wildman–Crippen LogP) is 2.02. The topological polar surface area (TPSA) is 102 Å². The third-order valence-corrected chi connectivity index (χ3v) is 2.62. The molecule has 0 aliphatic rings. The van der Waals surface area contributed by atoms with Crippen molar-refractivity contribution in [2.75, 3.05) is 5.32 Å². The number of aliphatic carboxylic acids is 1. The van der Waals surface area contributed by atoms with E-state index in [1.807, 2.05) is 6.07 Å². The van der Waals surface area contributed by atoms with E-state index in [1.165, 1.54) is 12.1 Å². The van der Waals surface area contributed by atoms with E-state index in [1.54, 1.807) is 19.1 Å². The Morgan fingerprint density at radius 2 is 2.25 bits per heavy atom. The van der Waals surface area contributed by atoms with Gasteiger partial charge in [0.25, 0.3) is 0 Å². The van der Waals surface area contributed by atoms with Gasteiger partial charge in [-0.15, -0.1) is 6.58 Å². The molecule has 104 valence electrons. The van der Waals surface area contributed by atoms with Crippen molar-refractivity contribution in [3.05, 3.63) is 42.0 Å². The molecular weight excluding hydrogens is 258 g/mol. The van der Waals surface area contributed by atoms with Gasteiger partial charge in [0, 0.05) is 5.69 Å². The van der Waals surface area contributed by atoms with Crippen LogP contribution in [0.4, 0.5) is 10.5 Å². The highest BCUT2D eigenvalue weighted by atomic mass is 16.4. The molecule has 1 aromatic rings. The fourth-order valence-electron chi connectivity index (χ4n) is 1.53. The molecule has 3 N–H and O–H groups in total. The fraction of sp³-hybridized carbons (Fsp3) is 0.214. The third kappa shape index (κ3) is 4.14. The summed E-state index contributed by atoms with van der Waals surface area (Å²) in [5.41, 5.74) is 1.64. The number of carboxylic acids is 1. The number of amides is 2. The van der Waals surface area contributed by atoms with Crippen LogP contribution in [0.2, 0.25) is 0 Å². The van der Waals surface area contributed by atoms with Crippen molar-refractivity contribution in [3.8, 4) is 6.07 Å². The Morgan fingerprint density at radius 1 is 1.55 bits per heavy atom. The van der Waals surface area contributed by atoms with Crippen molar-refractivity contribution in [2.45, 2.75) is 19.4 Å². The highest BCUT2D eigenvalue weighted by molar-refractivity contribution is 5.93. The Hall–Kier alpha value is -2.81. The van der Waals surface area contributed by atoms with Gasteiger partial charge in [0.2, 0.25) is 0 Å². The van der Waals surface area contributed by atoms with E-state index in [4.69, 9.17) is 10.4 Å². The number of benzene rings is 1. The Morgan fingerprint density at radius 3 is 2.80 bits per heavy atom. The van der Waals surface area contributed by atoms with Crippen molar-refractivity contribution in [3.63, 3.8) is 0 Å². The van der Waals surface area contributed by atoms with Crippen LogP contribution >= 0.6 is 0 Å². The maximum atomic E-state index is 11.8. The average molecular weight is 273 g/mol. The summed E-state index contributed by atoms with van der Waals surface area (Å²) in [6.07, 6.45) is 1.54. The molecule has 2 amide bonds. The zero-order valence-electron chi connectivity index (χ0n) is 11.0. The maximum Gasteiger partial charge on any atom is 0.326 e. The summed E-state index contributed by atoms with van der Waals surface area (Å²) in [5, 5.41) is 22.6. The van der Waals surface area contributed by atoms with Crippen LogP contribution in [0, 0.1) is 18.3 Å². The minimum atomic E-state index is -1.14. The van der Waals surface area contributed by atoms with E-state index in [0.29, 0.717) is 11.3 Å². The number of rotatable bonds is 5. The Balaban J connectivity index is 2.78. The normalized spacial score (nSPS) is 11.0. The second-order valence-corrected chi connectivity index (χ2v) is 4.16.